The van der Waals surface area contributed by atoms with E-state index in [2.05, 4.69) is 25.7 Å². The van der Waals surface area contributed by atoms with Gasteiger partial charge < -0.3 is 24.4 Å². The number of carboxylic acid groups (broad SMARTS) is 1. The van der Waals surface area contributed by atoms with Crippen LogP contribution in [0.15, 0.2) is 4.52 Å². The van der Waals surface area contributed by atoms with Gasteiger partial charge in [0.25, 0.3) is 6.47 Å². The number of anilines is 1. The standard InChI is InChI=1S/C15H20N6O5S.CH2O2/c1-24-4-3-11-17-10(20-26-11)6-16-14(23)9-5-13(22)21(7-9)15-19-18-12(27-15)8-25-2;2-1-3/h9H,3-8H2,1-2H3,(H,16,23);1H,(H,2,3). The molecular weight excluding hydrogens is 420 g/mol. The molecule has 2 aromatic heterocycles. The highest BCUT2D eigenvalue weighted by Crippen LogP contribution is 2.28. The minimum atomic E-state index is -0.466. The van der Waals surface area contributed by atoms with E-state index in [-0.39, 0.29) is 37.8 Å². The van der Waals surface area contributed by atoms with Gasteiger partial charge in [0.15, 0.2) is 5.82 Å². The lowest BCUT2D eigenvalue weighted by molar-refractivity contribution is -0.126. The topological polar surface area (TPSA) is 170 Å². The van der Waals surface area contributed by atoms with Crippen LogP contribution in [0.4, 0.5) is 5.13 Å². The number of methoxy groups -OCH3 is 2. The average Bonchev–Trinajstić information content (AvgIpc) is 3.45. The number of hydrogen-bond donors (Lipinski definition) is 2. The zero-order valence-electron chi connectivity index (χ0n) is 16.4. The van der Waals surface area contributed by atoms with Gasteiger partial charge in [0.2, 0.25) is 22.8 Å². The Kier molecular flexibility index (Phi) is 9.24. The van der Waals surface area contributed by atoms with Gasteiger partial charge in [0.05, 0.1) is 25.5 Å². The summed E-state index contributed by atoms with van der Waals surface area (Å²) in [6.45, 7) is 0.959. The van der Waals surface area contributed by atoms with Crippen LogP contribution in [-0.4, -0.2) is 71.1 Å². The molecule has 1 unspecified atom stereocenters. The van der Waals surface area contributed by atoms with E-state index in [1.807, 2.05) is 0 Å². The Morgan fingerprint density at radius 1 is 1.40 bits per heavy atom. The number of aromatic nitrogens is 4. The summed E-state index contributed by atoms with van der Waals surface area (Å²) in [4.78, 5) is 38.6. The van der Waals surface area contributed by atoms with Gasteiger partial charge in [-0.25, -0.2) is 0 Å². The minimum absolute atomic E-state index is 0.121. The molecule has 3 rings (SSSR count). The second-order valence-electron chi connectivity index (χ2n) is 5.99. The fourth-order valence-electron chi connectivity index (χ4n) is 2.57. The van der Waals surface area contributed by atoms with Crippen LogP contribution in [0.1, 0.15) is 23.1 Å². The number of nitrogens with one attached hydrogen (secondary N) is 1. The van der Waals surface area contributed by atoms with Crippen molar-refractivity contribution in [3.63, 3.8) is 0 Å². The maximum Gasteiger partial charge on any atom is 0.290 e. The molecule has 0 spiro atoms. The van der Waals surface area contributed by atoms with Crippen LogP contribution < -0.4 is 10.2 Å². The van der Waals surface area contributed by atoms with Crippen molar-refractivity contribution in [2.45, 2.75) is 26.0 Å². The van der Waals surface area contributed by atoms with Crippen LogP contribution in [0.25, 0.3) is 0 Å². The summed E-state index contributed by atoms with van der Waals surface area (Å²) in [5, 5.41) is 22.6. The Balaban J connectivity index is 0.00000101. The maximum absolute atomic E-state index is 12.4. The van der Waals surface area contributed by atoms with E-state index >= 15 is 0 Å². The van der Waals surface area contributed by atoms with Crippen molar-refractivity contribution in [3.05, 3.63) is 16.7 Å². The Hall–Kier alpha value is -2.97. The van der Waals surface area contributed by atoms with Gasteiger partial charge in [-0.1, -0.05) is 16.5 Å². The minimum Gasteiger partial charge on any atom is -0.483 e. The molecule has 1 aliphatic heterocycles. The van der Waals surface area contributed by atoms with E-state index in [0.29, 0.717) is 41.5 Å². The van der Waals surface area contributed by atoms with Crippen LogP contribution >= 0.6 is 11.3 Å². The highest BCUT2D eigenvalue weighted by Gasteiger charge is 2.36. The van der Waals surface area contributed by atoms with Gasteiger partial charge in [0, 0.05) is 27.2 Å². The molecule has 1 fully saturated rings. The zero-order valence-corrected chi connectivity index (χ0v) is 17.3. The highest BCUT2D eigenvalue weighted by atomic mass is 32.1. The summed E-state index contributed by atoms with van der Waals surface area (Å²) in [5.74, 6) is -0.0324. The molecule has 13 nitrogen and oxygen atoms in total. The first-order valence-corrected chi connectivity index (χ1v) is 9.61. The quantitative estimate of drug-likeness (QED) is 0.485. The van der Waals surface area contributed by atoms with Crippen LogP contribution in [-0.2, 0) is 43.4 Å². The monoisotopic (exact) mass is 442 g/mol. The summed E-state index contributed by atoms with van der Waals surface area (Å²) >= 11 is 1.28. The number of amides is 2. The van der Waals surface area contributed by atoms with Gasteiger partial charge in [-0.2, -0.15) is 4.98 Å². The van der Waals surface area contributed by atoms with Crippen molar-refractivity contribution in [2.75, 3.05) is 32.3 Å². The molecule has 164 valence electrons. The number of nitrogens with zero attached hydrogens (tertiary/aromatic N) is 5. The molecule has 0 radical (unpaired) electrons. The third kappa shape index (κ3) is 6.53. The van der Waals surface area contributed by atoms with Crippen molar-refractivity contribution >= 4 is 34.8 Å². The summed E-state index contributed by atoms with van der Waals surface area (Å²) in [6, 6.07) is 0. The first-order valence-electron chi connectivity index (χ1n) is 8.80. The highest BCUT2D eigenvalue weighted by molar-refractivity contribution is 7.15. The van der Waals surface area contributed by atoms with Crippen LogP contribution in [0.5, 0.6) is 0 Å². The smallest absolute Gasteiger partial charge is 0.290 e. The normalized spacial score (nSPS) is 15.6. The lowest BCUT2D eigenvalue weighted by Crippen LogP contribution is -2.32. The van der Waals surface area contributed by atoms with E-state index in [1.54, 1.807) is 14.2 Å². The molecule has 1 aliphatic rings. The molecule has 1 saturated heterocycles. The molecule has 3 heterocycles. The molecule has 0 bridgehead atoms. The lowest BCUT2D eigenvalue weighted by atomic mass is 10.1. The molecule has 0 aliphatic carbocycles. The van der Waals surface area contributed by atoms with Crippen LogP contribution in [0.2, 0.25) is 0 Å². The first-order chi connectivity index (χ1) is 14.5. The Bertz CT molecular complexity index is 842. The number of ether oxygens (including phenoxy) is 2. The number of carbonyl (C=O) groups excluding carboxylic acids is 2. The van der Waals surface area contributed by atoms with E-state index in [0.717, 1.165) is 0 Å². The van der Waals surface area contributed by atoms with E-state index in [4.69, 9.17) is 23.9 Å². The molecule has 30 heavy (non-hydrogen) atoms. The SMILES string of the molecule is COCCc1nc(CNC(=O)C2CC(=O)N(c3nnc(COC)s3)C2)no1.O=CO. The Morgan fingerprint density at radius 3 is 2.87 bits per heavy atom. The molecule has 2 aromatic rings. The van der Waals surface area contributed by atoms with Gasteiger partial charge in [0.1, 0.15) is 11.6 Å². The van der Waals surface area contributed by atoms with E-state index in [1.165, 1.54) is 16.2 Å². The van der Waals surface area contributed by atoms with E-state index < -0.39 is 5.92 Å². The predicted molar refractivity (Wildman–Crippen MR) is 101 cm³/mol. The second-order valence-corrected chi connectivity index (χ2v) is 7.03. The fraction of sp³-hybridized carbons (Fsp3) is 0.562. The van der Waals surface area contributed by atoms with Crippen LogP contribution in [0, 0.1) is 5.92 Å². The van der Waals surface area contributed by atoms with Crippen molar-refractivity contribution in [2.24, 2.45) is 5.92 Å². The third-order valence-electron chi connectivity index (χ3n) is 3.90. The summed E-state index contributed by atoms with van der Waals surface area (Å²) in [6.07, 6.45) is 0.632. The third-order valence-corrected chi connectivity index (χ3v) is 4.82. The van der Waals surface area contributed by atoms with E-state index in [9.17, 15) is 9.59 Å². The summed E-state index contributed by atoms with van der Waals surface area (Å²) in [5.41, 5.74) is 0. The molecule has 0 aromatic carbocycles. The largest absolute Gasteiger partial charge is 0.483 e. The zero-order chi connectivity index (χ0) is 21.9. The number of hydrogen-bond acceptors (Lipinski definition) is 11. The predicted octanol–water partition coefficient (Wildman–Crippen LogP) is -0.373. The van der Waals surface area contributed by atoms with Crippen LogP contribution in [0.3, 0.4) is 0 Å². The Labute approximate surface area is 175 Å². The molecule has 0 saturated carbocycles. The average molecular weight is 442 g/mol. The van der Waals surface area contributed by atoms with Gasteiger partial charge in [-0.15, -0.1) is 10.2 Å². The van der Waals surface area contributed by atoms with Crippen molar-refractivity contribution in [1.29, 1.82) is 0 Å². The van der Waals surface area contributed by atoms with Gasteiger partial charge in [-0.05, 0) is 0 Å². The molecule has 2 N–H and O–H groups in total. The van der Waals surface area contributed by atoms with Gasteiger partial charge >= 0.3 is 0 Å². The second kappa shape index (κ2) is 11.9. The summed E-state index contributed by atoms with van der Waals surface area (Å²) < 4.78 is 15.0. The Morgan fingerprint density at radius 2 is 2.17 bits per heavy atom. The molecule has 1 atom stereocenters. The summed E-state index contributed by atoms with van der Waals surface area (Å²) in [7, 11) is 3.15. The number of rotatable bonds is 9. The lowest BCUT2D eigenvalue weighted by Gasteiger charge is -2.12. The molecule has 14 heteroatoms. The van der Waals surface area contributed by atoms with Crippen molar-refractivity contribution in [3.8, 4) is 0 Å². The van der Waals surface area contributed by atoms with Gasteiger partial charge in [-0.3, -0.25) is 19.3 Å². The molecule has 2 amide bonds. The molecular formula is C16H22N6O7S. The fourth-order valence-corrected chi connectivity index (χ4v) is 3.40. The van der Waals surface area contributed by atoms with Crippen molar-refractivity contribution in [1.82, 2.24) is 25.7 Å². The first kappa shape index (κ1) is 23.3. The maximum atomic E-state index is 12.4. The van der Waals surface area contributed by atoms with Crippen molar-refractivity contribution < 1.29 is 33.5 Å². The number of carbonyl (C=O) groups is 3.